The fourth-order valence-electron chi connectivity index (χ4n) is 2.28. The Kier molecular flexibility index (Phi) is 4.66. The minimum Gasteiger partial charge on any atom is -0.486 e. The normalized spacial score (nSPS) is 15.9. The zero-order valence-corrected chi connectivity index (χ0v) is 14.0. The largest absolute Gasteiger partial charge is 0.486 e. The van der Waals surface area contributed by atoms with Gasteiger partial charge in [-0.2, -0.15) is 0 Å². The molecule has 21 heavy (non-hydrogen) atoms. The van der Waals surface area contributed by atoms with Gasteiger partial charge in [-0.3, -0.25) is 4.79 Å². The number of nitrogens with one attached hydrogen (secondary N) is 2. The Balaban J connectivity index is 2.22. The van der Waals surface area contributed by atoms with Gasteiger partial charge in [0, 0.05) is 13.6 Å². The van der Waals surface area contributed by atoms with E-state index >= 15 is 0 Å². The van der Waals surface area contributed by atoms with Crippen molar-refractivity contribution in [3.05, 3.63) is 4.88 Å². The minimum atomic E-state index is -0.171. The Bertz CT molecular complexity index is 521. The molecule has 1 aromatic heterocycles. The number of nitrogen functional groups attached to an aromatic ring is 1. The molecule has 1 aliphatic rings. The monoisotopic (exact) mass is 311 g/mol. The quantitative estimate of drug-likeness (QED) is 0.723. The van der Waals surface area contributed by atoms with Crippen LogP contribution in [-0.2, 0) is 0 Å². The van der Waals surface area contributed by atoms with E-state index in [4.69, 9.17) is 10.5 Å². The minimum absolute atomic E-state index is 0.0149. The fourth-order valence-corrected chi connectivity index (χ4v) is 3.28. The molecule has 0 spiro atoms. The van der Waals surface area contributed by atoms with E-state index < -0.39 is 0 Å². The third-order valence-corrected chi connectivity index (χ3v) is 5.16. The molecule has 0 atom stereocenters. The van der Waals surface area contributed by atoms with Crippen LogP contribution < -0.4 is 21.1 Å². The van der Waals surface area contributed by atoms with Gasteiger partial charge in [0.2, 0.25) is 0 Å². The first-order valence-corrected chi connectivity index (χ1v) is 8.29. The molecule has 0 unspecified atom stereocenters. The molecule has 5 nitrogen and oxygen atoms in total. The number of rotatable bonds is 7. The van der Waals surface area contributed by atoms with Crippen LogP contribution in [0.5, 0.6) is 5.75 Å². The van der Waals surface area contributed by atoms with Gasteiger partial charge in [0.1, 0.15) is 15.6 Å². The summed E-state index contributed by atoms with van der Waals surface area (Å²) in [5, 5.41) is 6.93. The van der Waals surface area contributed by atoms with E-state index in [-0.39, 0.29) is 12.0 Å². The van der Waals surface area contributed by atoms with Gasteiger partial charge in [0.15, 0.2) is 5.75 Å². The highest BCUT2D eigenvalue weighted by molar-refractivity contribution is 7.19. The van der Waals surface area contributed by atoms with Crippen LogP contribution in [0.2, 0.25) is 0 Å². The van der Waals surface area contributed by atoms with Crippen molar-refractivity contribution in [2.45, 2.75) is 46.1 Å². The molecule has 118 valence electrons. The zero-order valence-electron chi connectivity index (χ0n) is 13.2. The molecule has 1 aliphatic carbocycles. The van der Waals surface area contributed by atoms with Crippen LogP contribution in [0.4, 0.5) is 10.7 Å². The molecule has 1 fully saturated rings. The van der Waals surface area contributed by atoms with Crippen molar-refractivity contribution < 1.29 is 9.53 Å². The molecule has 6 heteroatoms. The van der Waals surface area contributed by atoms with Crippen LogP contribution in [-0.4, -0.2) is 25.6 Å². The van der Waals surface area contributed by atoms with Crippen molar-refractivity contribution in [2.24, 2.45) is 5.41 Å². The highest BCUT2D eigenvalue weighted by atomic mass is 32.1. The summed E-state index contributed by atoms with van der Waals surface area (Å²) < 4.78 is 5.81. The van der Waals surface area contributed by atoms with Gasteiger partial charge < -0.3 is 21.1 Å². The molecule has 1 saturated carbocycles. The molecule has 0 aliphatic heterocycles. The van der Waals surface area contributed by atoms with Crippen molar-refractivity contribution >= 4 is 27.9 Å². The summed E-state index contributed by atoms with van der Waals surface area (Å²) in [5.41, 5.74) is 6.95. The van der Waals surface area contributed by atoms with Crippen molar-refractivity contribution in [3.63, 3.8) is 0 Å². The fraction of sp³-hybridized carbons (Fsp3) is 0.667. The molecule has 1 amide bonds. The van der Waals surface area contributed by atoms with E-state index in [2.05, 4.69) is 17.6 Å². The number of thiophene rings is 1. The first-order valence-electron chi connectivity index (χ1n) is 7.47. The summed E-state index contributed by atoms with van der Waals surface area (Å²) in [5.74, 6) is 0.441. The van der Waals surface area contributed by atoms with Crippen molar-refractivity contribution in [3.8, 4) is 5.75 Å². The maximum absolute atomic E-state index is 11.9. The molecule has 0 bridgehead atoms. The predicted molar refractivity (Wildman–Crippen MR) is 88.3 cm³/mol. The van der Waals surface area contributed by atoms with E-state index in [1.807, 2.05) is 13.8 Å². The number of hydrogen-bond donors (Lipinski definition) is 3. The molecule has 0 saturated heterocycles. The zero-order chi connectivity index (χ0) is 15.6. The number of carbonyl (C=O) groups is 1. The van der Waals surface area contributed by atoms with Crippen LogP contribution in [0, 0.1) is 5.41 Å². The average molecular weight is 311 g/mol. The van der Waals surface area contributed by atoms with E-state index in [1.54, 1.807) is 7.05 Å². The summed E-state index contributed by atoms with van der Waals surface area (Å²) in [6.07, 6.45) is 3.71. The lowest BCUT2D eigenvalue weighted by Crippen LogP contribution is -2.17. The van der Waals surface area contributed by atoms with Gasteiger partial charge in [0.05, 0.1) is 6.10 Å². The maximum Gasteiger partial charge on any atom is 0.263 e. The van der Waals surface area contributed by atoms with Crippen LogP contribution in [0.15, 0.2) is 0 Å². The van der Waals surface area contributed by atoms with Gasteiger partial charge in [-0.15, -0.1) is 11.3 Å². The van der Waals surface area contributed by atoms with Crippen LogP contribution in [0.1, 0.15) is 49.7 Å². The number of amides is 1. The second-order valence-electron chi connectivity index (χ2n) is 5.96. The molecule has 2 rings (SSSR count). The maximum atomic E-state index is 11.9. The average Bonchev–Trinajstić information content (AvgIpc) is 3.18. The van der Waals surface area contributed by atoms with Crippen LogP contribution in [0.25, 0.3) is 0 Å². The second kappa shape index (κ2) is 6.13. The predicted octanol–water partition coefficient (Wildman–Crippen LogP) is 3.08. The topological polar surface area (TPSA) is 76.4 Å². The highest BCUT2D eigenvalue weighted by Crippen LogP contribution is 2.50. The molecular weight excluding hydrogens is 286 g/mol. The Hall–Kier alpha value is -1.43. The number of ether oxygens (including phenoxy) is 1. The summed E-state index contributed by atoms with van der Waals surface area (Å²) in [4.78, 5) is 12.4. The summed E-state index contributed by atoms with van der Waals surface area (Å²) in [7, 11) is 1.61. The number of carbonyl (C=O) groups excluding carboxylic acids is 1. The lowest BCUT2D eigenvalue weighted by Gasteiger charge is -2.16. The van der Waals surface area contributed by atoms with Crippen LogP contribution in [0.3, 0.4) is 0 Å². The number of anilines is 2. The van der Waals surface area contributed by atoms with E-state index in [1.165, 1.54) is 30.6 Å². The Morgan fingerprint density at radius 3 is 2.62 bits per heavy atom. The van der Waals surface area contributed by atoms with E-state index in [0.717, 1.165) is 11.5 Å². The Morgan fingerprint density at radius 1 is 1.48 bits per heavy atom. The Morgan fingerprint density at radius 2 is 2.14 bits per heavy atom. The molecule has 1 aromatic rings. The van der Waals surface area contributed by atoms with Gasteiger partial charge in [0.25, 0.3) is 5.91 Å². The number of nitrogens with two attached hydrogens (primary N) is 1. The first-order chi connectivity index (χ1) is 9.92. The SMILES string of the molecule is CCC1(CNc2sc(C(=O)NC)c(N)c2OC(C)C)CC1. The van der Waals surface area contributed by atoms with E-state index in [0.29, 0.717) is 21.7 Å². The van der Waals surface area contributed by atoms with E-state index in [9.17, 15) is 4.79 Å². The smallest absolute Gasteiger partial charge is 0.263 e. The lowest BCUT2D eigenvalue weighted by molar-refractivity contribution is 0.0967. The first kappa shape index (κ1) is 15.9. The molecular formula is C15H25N3O2S. The van der Waals surface area contributed by atoms with Crippen molar-refractivity contribution in [1.82, 2.24) is 5.32 Å². The van der Waals surface area contributed by atoms with Gasteiger partial charge in [-0.1, -0.05) is 6.92 Å². The Labute approximate surface area is 130 Å². The molecule has 4 N–H and O–H groups in total. The third-order valence-electron chi connectivity index (χ3n) is 4.02. The van der Waals surface area contributed by atoms with Gasteiger partial charge in [-0.05, 0) is 38.5 Å². The molecule has 1 heterocycles. The van der Waals surface area contributed by atoms with Crippen molar-refractivity contribution in [1.29, 1.82) is 0 Å². The van der Waals surface area contributed by atoms with Gasteiger partial charge >= 0.3 is 0 Å². The standard InChI is InChI=1S/C15H25N3O2S/c1-5-15(6-7-15)8-18-14-11(20-9(2)3)10(16)12(21-14)13(19)17-4/h9,18H,5-8,16H2,1-4H3,(H,17,19). The number of hydrogen-bond acceptors (Lipinski definition) is 5. The summed E-state index contributed by atoms with van der Waals surface area (Å²) in [6.45, 7) is 7.04. The second-order valence-corrected chi connectivity index (χ2v) is 6.98. The highest BCUT2D eigenvalue weighted by Gasteiger charge is 2.40. The summed E-state index contributed by atoms with van der Waals surface area (Å²) in [6, 6.07) is 0. The van der Waals surface area contributed by atoms with Crippen LogP contribution >= 0.6 is 11.3 Å². The lowest BCUT2D eigenvalue weighted by atomic mass is 10.0. The third kappa shape index (κ3) is 3.43. The summed E-state index contributed by atoms with van der Waals surface area (Å²) >= 11 is 1.37. The molecule has 0 radical (unpaired) electrons. The van der Waals surface area contributed by atoms with Gasteiger partial charge in [-0.25, -0.2) is 0 Å². The molecule has 0 aromatic carbocycles. The van der Waals surface area contributed by atoms with Crippen molar-refractivity contribution in [2.75, 3.05) is 24.6 Å².